The summed E-state index contributed by atoms with van der Waals surface area (Å²) in [6, 6.07) is 11.5. The molecule has 2 N–H and O–H groups in total. The van der Waals surface area contributed by atoms with E-state index in [-0.39, 0.29) is 0 Å². The Hall–Kier alpha value is -2.34. The Labute approximate surface area is 135 Å². The minimum atomic E-state index is 0.542. The van der Waals surface area contributed by atoms with E-state index in [0.29, 0.717) is 24.1 Å². The number of aromatic nitrogens is 1. The molecule has 0 aliphatic rings. The predicted molar refractivity (Wildman–Crippen MR) is 91.5 cm³/mol. The Morgan fingerprint density at radius 3 is 2.55 bits per heavy atom. The Morgan fingerprint density at radius 2 is 1.95 bits per heavy atom. The first-order chi connectivity index (χ1) is 10.7. The molecule has 6 heteroatoms. The van der Waals surface area contributed by atoms with E-state index in [9.17, 15) is 0 Å². The summed E-state index contributed by atoms with van der Waals surface area (Å²) in [7, 11) is 1.58. The first kappa shape index (κ1) is 16.0. The maximum Gasteiger partial charge on any atom is 0.213 e. The van der Waals surface area contributed by atoms with E-state index in [2.05, 4.69) is 15.6 Å². The quantitative estimate of drug-likeness (QED) is 0.799. The van der Waals surface area contributed by atoms with Crippen LogP contribution < -0.4 is 20.1 Å². The molecule has 0 atom stereocenters. The molecule has 0 unspecified atom stereocenters. The van der Waals surface area contributed by atoms with Crippen LogP contribution in [0.4, 0.5) is 5.69 Å². The van der Waals surface area contributed by atoms with Gasteiger partial charge in [0.1, 0.15) is 5.75 Å². The maximum atomic E-state index is 5.41. The molecule has 0 saturated heterocycles. The normalized spacial score (nSPS) is 9.91. The van der Waals surface area contributed by atoms with Crippen LogP contribution in [0.5, 0.6) is 11.6 Å². The van der Waals surface area contributed by atoms with Crippen LogP contribution in [0.2, 0.25) is 0 Å². The van der Waals surface area contributed by atoms with Crippen LogP contribution in [0.3, 0.4) is 0 Å². The number of nitrogens with zero attached hydrogens (tertiary/aromatic N) is 1. The molecule has 0 amide bonds. The molecule has 0 aliphatic carbocycles. The number of benzene rings is 1. The summed E-state index contributed by atoms with van der Waals surface area (Å²) in [5.74, 6) is 1.44. The summed E-state index contributed by atoms with van der Waals surface area (Å²) in [4.78, 5) is 4.11. The van der Waals surface area contributed by atoms with Crippen molar-refractivity contribution in [2.75, 3.05) is 19.0 Å². The van der Waals surface area contributed by atoms with Gasteiger partial charge < -0.3 is 20.1 Å². The lowest BCUT2D eigenvalue weighted by atomic mass is 10.2. The average molecular weight is 317 g/mol. The van der Waals surface area contributed by atoms with Gasteiger partial charge in [0, 0.05) is 12.6 Å². The Bertz CT molecular complexity index is 600. The van der Waals surface area contributed by atoms with Crippen molar-refractivity contribution < 1.29 is 9.47 Å². The number of nitrogens with one attached hydrogen (secondary N) is 2. The molecule has 1 heterocycles. The summed E-state index contributed by atoms with van der Waals surface area (Å²) in [5, 5.41) is 6.76. The van der Waals surface area contributed by atoms with E-state index in [1.807, 2.05) is 37.3 Å². The van der Waals surface area contributed by atoms with Crippen molar-refractivity contribution >= 4 is 23.0 Å². The molecule has 22 heavy (non-hydrogen) atoms. The zero-order valence-corrected chi connectivity index (χ0v) is 13.4. The number of hydrogen-bond acceptors (Lipinski definition) is 4. The number of ether oxygens (including phenoxy) is 2. The molecule has 2 aromatic rings. The molecule has 5 nitrogen and oxygen atoms in total. The topological polar surface area (TPSA) is 55.4 Å². The molecular formula is C16H19N3O2S. The number of anilines is 1. The SMILES string of the molecule is CCOc1ccc(CNC(=S)Nc2ccc(OC)nc2)cc1. The molecule has 2 rings (SSSR count). The van der Waals surface area contributed by atoms with E-state index in [4.69, 9.17) is 21.7 Å². The Balaban J connectivity index is 1.81. The summed E-state index contributed by atoms with van der Waals surface area (Å²) < 4.78 is 10.4. The van der Waals surface area contributed by atoms with Crippen molar-refractivity contribution in [3.8, 4) is 11.6 Å². The van der Waals surface area contributed by atoms with Gasteiger partial charge in [0.25, 0.3) is 0 Å². The van der Waals surface area contributed by atoms with Gasteiger partial charge in [0.15, 0.2) is 5.11 Å². The number of hydrogen-bond donors (Lipinski definition) is 2. The molecule has 1 aromatic heterocycles. The molecule has 0 aliphatic heterocycles. The van der Waals surface area contributed by atoms with Gasteiger partial charge >= 0.3 is 0 Å². The van der Waals surface area contributed by atoms with Gasteiger partial charge in [0.2, 0.25) is 5.88 Å². The number of methoxy groups -OCH3 is 1. The van der Waals surface area contributed by atoms with E-state index >= 15 is 0 Å². The summed E-state index contributed by atoms with van der Waals surface area (Å²) in [6.45, 7) is 3.27. The fourth-order valence-electron chi connectivity index (χ4n) is 1.80. The van der Waals surface area contributed by atoms with Gasteiger partial charge in [0.05, 0.1) is 25.6 Å². The Morgan fingerprint density at radius 1 is 1.18 bits per heavy atom. The first-order valence-electron chi connectivity index (χ1n) is 6.98. The second kappa shape index (κ2) is 8.19. The molecule has 1 aromatic carbocycles. The smallest absolute Gasteiger partial charge is 0.213 e. The molecule has 0 saturated carbocycles. The van der Waals surface area contributed by atoms with Gasteiger partial charge in [-0.1, -0.05) is 12.1 Å². The van der Waals surface area contributed by atoms with E-state index < -0.39 is 0 Å². The van der Waals surface area contributed by atoms with Crippen molar-refractivity contribution in [1.82, 2.24) is 10.3 Å². The lowest BCUT2D eigenvalue weighted by Gasteiger charge is -2.11. The molecule has 0 bridgehead atoms. The molecule has 0 radical (unpaired) electrons. The predicted octanol–water partition coefficient (Wildman–Crippen LogP) is 2.98. The fraction of sp³-hybridized carbons (Fsp3) is 0.250. The van der Waals surface area contributed by atoms with Crippen LogP contribution in [0.15, 0.2) is 42.6 Å². The lowest BCUT2D eigenvalue weighted by molar-refractivity contribution is 0.340. The zero-order valence-electron chi connectivity index (χ0n) is 12.6. The molecule has 0 spiro atoms. The number of rotatable bonds is 6. The third-order valence-electron chi connectivity index (χ3n) is 2.89. The van der Waals surface area contributed by atoms with Gasteiger partial charge in [-0.2, -0.15) is 0 Å². The van der Waals surface area contributed by atoms with Crippen LogP contribution in [-0.2, 0) is 6.54 Å². The van der Waals surface area contributed by atoms with Crippen molar-refractivity contribution in [2.24, 2.45) is 0 Å². The fourth-order valence-corrected chi connectivity index (χ4v) is 1.99. The van der Waals surface area contributed by atoms with Crippen molar-refractivity contribution in [2.45, 2.75) is 13.5 Å². The van der Waals surface area contributed by atoms with Gasteiger partial charge in [-0.15, -0.1) is 0 Å². The van der Waals surface area contributed by atoms with E-state index in [0.717, 1.165) is 17.0 Å². The van der Waals surface area contributed by atoms with Crippen LogP contribution in [0.1, 0.15) is 12.5 Å². The maximum absolute atomic E-state index is 5.41. The highest BCUT2D eigenvalue weighted by atomic mass is 32.1. The van der Waals surface area contributed by atoms with E-state index in [1.165, 1.54) is 0 Å². The van der Waals surface area contributed by atoms with Crippen molar-refractivity contribution in [3.63, 3.8) is 0 Å². The zero-order chi connectivity index (χ0) is 15.8. The average Bonchev–Trinajstić information content (AvgIpc) is 2.55. The third kappa shape index (κ3) is 4.89. The minimum absolute atomic E-state index is 0.542. The standard InChI is InChI=1S/C16H19N3O2S/c1-3-21-14-7-4-12(5-8-14)10-18-16(22)19-13-6-9-15(20-2)17-11-13/h4-9,11H,3,10H2,1-2H3,(H2,18,19,22). The highest BCUT2D eigenvalue weighted by Crippen LogP contribution is 2.12. The Kier molecular flexibility index (Phi) is 5.97. The second-order valence-electron chi connectivity index (χ2n) is 4.47. The summed E-state index contributed by atoms with van der Waals surface area (Å²) >= 11 is 5.26. The van der Waals surface area contributed by atoms with Crippen molar-refractivity contribution in [1.29, 1.82) is 0 Å². The monoisotopic (exact) mass is 317 g/mol. The highest BCUT2D eigenvalue weighted by Gasteiger charge is 2.00. The molecule has 0 fully saturated rings. The van der Waals surface area contributed by atoms with Gasteiger partial charge in [-0.05, 0) is 42.9 Å². The summed E-state index contributed by atoms with van der Waals surface area (Å²) in [5.41, 5.74) is 1.94. The van der Waals surface area contributed by atoms with Gasteiger partial charge in [-0.25, -0.2) is 4.98 Å². The summed E-state index contributed by atoms with van der Waals surface area (Å²) in [6.07, 6.45) is 1.67. The number of thiocarbonyl (C=S) groups is 1. The number of pyridine rings is 1. The van der Waals surface area contributed by atoms with E-state index in [1.54, 1.807) is 19.4 Å². The van der Waals surface area contributed by atoms with Crippen LogP contribution in [0, 0.1) is 0 Å². The molecule has 116 valence electrons. The lowest BCUT2D eigenvalue weighted by Crippen LogP contribution is -2.27. The highest BCUT2D eigenvalue weighted by molar-refractivity contribution is 7.80. The first-order valence-corrected chi connectivity index (χ1v) is 7.38. The molecular weight excluding hydrogens is 298 g/mol. The minimum Gasteiger partial charge on any atom is -0.494 e. The van der Waals surface area contributed by atoms with Crippen molar-refractivity contribution in [3.05, 3.63) is 48.2 Å². The van der Waals surface area contributed by atoms with Crippen LogP contribution in [-0.4, -0.2) is 23.8 Å². The van der Waals surface area contributed by atoms with Gasteiger partial charge in [-0.3, -0.25) is 0 Å². The second-order valence-corrected chi connectivity index (χ2v) is 4.88. The largest absolute Gasteiger partial charge is 0.494 e. The van der Waals surface area contributed by atoms with Crippen LogP contribution in [0.25, 0.3) is 0 Å². The third-order valence-corrected chi connectivity index (χ3v) is 3.14. The van der Waals surface area contributed by atoms with Crippen LogP contribution >= 0.6 is 12.2 Å².